The Balaban J connectivity index is 2.30. The molecule has 2 rings (SSSR count). The Bertz CT molecular complexity index is 665. The molecule has 0 radical (unpaired) electrons. The van der Waals surface area contributed by atoms with Gasteiger partial charge >= 0.3 is 0 Å². The van der Waals surface area contributed by atoms with Crippen LogP contribution in [0.2, 0.25) is 0 Å². The summed E-state index contributed by atoms with van der Waals surface area (Å²) in [6.45, 7) is 2.01. The third-order valence-corrected chi connectivity index (χ3v) is 5.57. The molecule has 110 valence electrons. The van der Waals surface area contributed by atoms with Gasteiger partial charge in [-0.15, -0.1) is 0 Å². The quantitative estimate of drug-likeness (QED) is 0.812. The molecule has 8 heteroatoms. The van der Waals surface area contributed by atoms with Crippen molar-refractivity contribution in [2.75, 3.05) is 0 Å². The van der Waals surface area contributed by atoms with Gasteiger partial charge in [0.2, 0.25) is 0 Å². The van der Waals surface area contributed by atoms with Crippen LogP contribution >= 0.6 is 26.6 Å². The molecule has 1 aliphatic carbocycles. The molecular formula is C12H12BrClFNO3S. The van der Waals surface area contributed by atoms with E-state index in [0.29, 0.717) is 5.92 Å². The topological polar surface area (TPSA) is 63.2 Å². The molecule has 2 atom stereocenters. The summed E-state index contributed by atoms with van der Waals surface area (Å²) in [5, 5.41) is 2.68. The van der Waals surface area contributed by atoms with Crippen LogP contribution in [0.3, 0.4) is 0 Å². The maximum absolute atomic E-state index is 13.8. The summed E-state index contributed by atoms with van der Waals surface area (Å²) < 4.78 is 36.5. The van der Waals surface area contributed by atoms with Crippen LogP contribution in [0.25, 0.3) is 0 Å². The van der Waals surface area contributed by atoms with Gasteiger partial charge in [0.15, 0.2) is 0 Å². The normalized spacial score (nSPS) is 21.6. The Morgan fingerprint density at radius 2 is 2.20 bits per heavy atom. The molecule has 2 unspecified atom stereocenters. The summed E-state index contributed by atoms with van der Waals surface area (Å²) >= 11 is 2.91. The summed E-state index contributed by atoms with van der Waals surface area (Å²) in [7, 11) is 1.19. The first-order valence-electron chi connectivity index (χ1n) is 5.98. The molecule has 0 spiro atoms. The van der Waals surface area contributed by atoms with Gasteiger partial charge < -0.3 is 5.32 Å². The van der Waals surface area contributed by atoms with Gasteiger partial charge in [-0.1, -0.05) is 13.3 Å². The van der Waals surface area contributed by atoms with E-state index < -0.39 is 20.8 Å². The molecule has 1 aromatic rings. The van der Waals surface area contributed by atoms with Crippen LogP contribution in [0, 0.1) is 11.7 Å². The summed E-state index contributed by atoms with van der Waals surface area (Å²) in [5.41, 5.74) is -0.325. The number of hydrogen-bond acceptors (Lipinski definition) is 3. The number of amides is 1. The van der Waals surface area contributed by atoms with E-state index in [1.54, 1.807) is 0 Å². The molecule has 0 heterocycles. The van der Waals surface area contributed by atoms with Gasteiger partial charge in [-0.25, -0.2) is 12.8 Å². The summed E-state index contributed by atoms with van der Waals surface area (Å²) in [5.74, 6) is -1.02. The molecule has 1 aliphatic rings. The lowest BCUT2D eigenvalue weighted by Crippen LogP contribution is -2.27. The van der Waals surface area contributed by atoms with Crippen LogP contribution in [0.5, 0.6) is 0 Å². The van der Waals surface area contributed by atoms with Crippen molar-refractivity contribution >= 4 is 41.6 Å². The molecule has 1 saturated carbocycles. The minimum atomic E-state index is -4.06. The average molecular weight is 385 g/mol. The van der Waals surface area contributed by atoms with Crippen LogP contribution in [0.1, 0.15) is 30.1 Å². The van der Waals surface area contributed by atoms with Crippen molar-refractivity contribution in [3.05, 3.63) is 28.0 Å². The number of halogens is 3. The maximum Gasteiger partial charge on any atom is 0.262 e. The Kier molecular flexibility index (Phi) is 4.41. The van der Waals surface area contributed by atoms with Crippen molar-refractivity contribution in [2.24, 2.45) is 5.92 Å². The first-order valence-corrected chi connectivity index (χ1v) is 9.08. The third-order valence-electron chi connectivity index (χ3n) is 3.29. The van der Waals surface area contributed by atoms with E-state index in [-0.39, 0.29) is 21.0 Å². The molecule has 0 aliphatic heterocycles. The molecule has 0 bridgehead atoms. The molecule has 1 N–H and O–H groups in total. The lowest BCUT2D eigenvalue weighted by Gasteiger charge is -2.08. The van der Waals surface area contributed by atoms with Crippen LogP contribution in [-0.4, -0.2) is 20.4 Å². The number of hydrogen-bond donors (Lipinski definition) is 1. The highest BCUT2D eigenvalue weighted by Crippen LogP contribution is 2.34. The lowest BCUT2D eigenvalue weighted by atomic mass is 10.2. The molecular weight excluding hydrogens is 373 g/mol. The van der Waals surface area contributed by atoms with E-state index >= 15 is 0 Å². The smallest absolute Gasteiger partial charge is 0.262 e. The second-order valence-electron chi connectivity index (χ2n) is 4.68. The second kappa shape index (κ2) is 5.61. The highest BCUT2D eigenvalue weighted by atomic mass is 79.9. The first kappa shape index (κ1) is 15.7. The van der Waals surface area contributed by atoms with Crippen molar-refractivity contribution in [1.82, 2.24) is 5.32 Å². The number of carbonyl (C=O) groups is 1. The molecule has 20 heavy (non-hydrogen) atoms. The Morgan fingerprint density at radius 3 is 2.70 bits per heavy atom. The van der Waals surface area contributed by atoms with Gasteiger partial charge in [-0.05, 0) is 40.4 Å². The van der Waals surface area contributed by atoms with E-state index in [1.165, 1.54) is 0 Å². The highest BCUT2D eigenvalue weighted by Gasteiger charge is 2.37. The summed E-state index contributed by atoms with van der Waals surface area (Å²) in [6, 6.07) is 1.90. The maximum atomic E-state index is 13.8. The monoisotopic (exact) mass is 383 g/mol. The van der Waals surface area contributed by atoms with Crippen molar-refractivity contribution in [1.29, 1.82) is 0 Å². The summed E-state index contributed by atoms with van der Waals surface area (Å²) in [4.78, 5) is 11.6. The van der Waals surface area contributed by atoms with Crippen LogP contribution in [0.4, 0.5) is 4.39 Å². The first-order chi connectivity index (χ1) is 9.24. The van der Waals surface area contributed by atoms with E-state index in [1.807, 2.05) is 6.92 Å². The van der Waals surface area contributed by atoms with Crippen LogP contribution in [0.15, 0.2) is 21.5 Å². The van der Waals surface area contributed by atoms with Crippen LogP contribution in [-0.2, 0) is 9.05 Å². The van der Waals surface area contributed by atoms with Gasteiger partial charge in [0.1, 0.15) is 5.82 Å². The van der Waals surface area contributed by atoms with Crippen LogP contribution < -0.4 is 5.32 Å². The Morgan fingerprint density at radius 1 is 1.55 bits per heavy atom. The number of carbonyl (C=O) groups excluding carboxylic acids is 1. The zero-order valence-electron chi connectivity index (χ0n) is 10.5. The zero-order chi connectivity index (χ0) is 15.1. The van der Waals surface area contributed by atoms with Crippen molar-refractivity contribution in [3.8, 4) is 0 Å². The van der Waals surface area contributed by atoms with Gasteiger partial charge in [0, 0.05) is 21.2 Å². The fourth-order valence-corrected chi connectivity index (χ4v) is 4.18. The highest BCUT2D eigenvalue weighted by molar-refractivity contribution is 9.10. The molecule has 1 aromatic carbocycles. The van der Waals surface area contributed by atoms with E-state index in [2.05, 4.69) is 21.2 Å². The van der Waals surface area contributed by atoms with E-state index in [4.69, 9.17) is 10.7 Å². The third kappa shape index (κ3) is 3.32. The minimum absolute atomic E-state index is 0.0144. The lowest BCUT2D eigenvalue weighted by molar-refractivity contribution is 0.0944. The Hall–Kier alpha value is -0.660. The minimum Gasteiger partial charge on any atom is -0.349 e. The number of benzene rings is 1. The standard InChI is InChI=1S/C12H12BrClFNO3S/c1-2-6-3-10(6)16-12(17)7-4-11(20(14,18)19)8(13)5-9(7)15/h4-6,10H,2-3H2,1H3,(H,16,17). The van der Waals surface area contributed by atoms with Crippen molar-refractivity contribution < 1.29 is 17.6 Å². The van der Waals surface area contributed by atoms with Gasteiger partial charge in [-0.2, -0.15) is 0 Å². The van der Waals surface area contributed by atoms with Gasteiger partial charge in [-0.3, -0.25) is 4.79 Å². The molecule has 4 nitrogen and oxygen atoms in total. The Labute approximate surface area is 129 Å². The molecule has 0 aromatic heterocycles. The fraction of sp³-hybridized carbons (Fsp3) is 0.417. The largest absolute Gasteiger partial charge is 0.349 e. The van der Waals surface area contributed by atoms with Gasteiger partial charge in [0.05, 0.1) is 10.5 Å². The van der Waals surface area contributed by atoms with E-state index in [0.717, 1.165) is 25.0 Å². The predicted octanol–water partition coefficient (Wildman–Crippen LogP) is 3.04. The van der Waals surface area contributed by atoms with Gasteiger partial charge in [0.25, 0.3) is 15.0 Å². The molecule has 1 fully saturated rings. The number of nitrogens with one attached hydrogen (secondary N) is 1. The fourth-order valence-electron chi connectivity index (χ4n) is 2.01. The average Bonchev–Trinajstić information content (AvgIpc) is 3.05. The second-order valence-corrected chi connectivity index (χ2v) is 8.07. The van der Waals surface area contributed by atoms with E-state index in [9.17, 15) is 17.6 Å². The SMILES string of the molecule is CCC1CC1NC(=O)c1cc(S(=O)(=O)Cl)c(Br)cc1F. The number of rotatable bonds is 4. The predicted molar refractivity (Wildman–Crippen MR) is 76.8 cm³/mol. The zero-order valence-corrected chi connectivity index (χ0v) is 13.6. The van der Waals surface area contributed by atoms with Crippen molar-refractivity contribution in [3.63, 3.8) is 0 Å². The molecule has 0 saturated heterocycles. The summed E-state index contributed by atoms with van der Waals surface area (Å²) in [6.07, 6.45) is 1.80. The molecule has 1 amide bonds. The van der Waals surface area contributed by atoms with Crippen molar-refractivity contribution in [2.45, 2.75) is 30.7 Å².